The molecule has 2 aromatic rings. The summed E-state index contributed by atoms with van der Waals surface area (Å²) >= 11 is 0.555. The molecule has 0 unspecified atom stereocenters. The number of hydrogen-bond donors (Lipinski definition) is 2. The Morgan fingerprint density at radius 2 is 2.00 bits per heavy atom. The minimum atomic E-state index is -4.73. The second-order valence-corrected chi connectivity index (χ2v) is 4.72. The van der Waals surface area contributed by atoms with Crippen molar-refractivity contribution < 1.29 is 27.9 Å². The fraction of sp³-hybridized carbons (Fsp3) is 0.0833. The van der Waals surface area contributed by atoms with Crippen molar-refractivity contribution in [1.82, 2.24) is 4.98 Å². The molecule has 2 N–H and O–H groups in total. The Morgan fingerprint density at radius 1 is 1.29 bits per heavy atom. The van der Waals surface area contributed by atoms with Gasteiger partial charge in [-0.2, -0.15) is 13.2 Å². The molecule has 0 saturated heterocycles. The quantitative estimate of drug-likeness (QED) is 0.912. The first-order valence-electron chi connectivity index (χ1n) is 5.44. The third-order valence-electron chi connectivity index (χ3n) is 2.41. The number of aromatic nitrogens is 1. The summed E-state index contributed by atoms with van der Waals surface area (Å²) in [5, 5.41) is 11.0. The first-order valence-corrected chi connectivity index (χ1v) is 6.32. The predicted molar refractivity (Wildman–Crippen MR) is 68.5 cm³/mol. The normalized spacial score (nSPS) is 11.2. The molecule has 110 valence electrons. The number of amides is 1. The van der Waals surface area contributed by atoms with Crippen molar-refractivity contribution in [2.45, 2.75) is 6.18 Å². The molecule has 0 radical (unpaired) electrons. The number of carbonyl (C=O) groups is 2. The van der Waals surface area contributed by atoms with E-state index in [1.165, 1.54) is 18.2 Å². The van der Waals surface area contributed by atoms with Crippen molar-refractivity contribution in [2.75, 3.05) is 5.32 Å². The SMILES string of the molecule is O=C(O)c1cccc(NC(=O)c2scnc2C(F)(F)F)c1. The number of nitrogens with zero attached hydrogens (tertiary/aromatic N) is 1. The van der Waals surface area contributed by atoms with Crippen LogP contribution in [-0.2, 0) is 6.18 Å². The van der Waals surface area contributed by atoms with Crippen LogP contribution in [0, 0.1) is 0 Å². The Balaban J connectivity index is 2.25. The molecular formula is C12H7F3N2O3S. The molecule has 0 aliphatic heterocycles. The summed E-state index contributed by atoms with van der Waals surface area (Å²) in [7, 11) is 0. The van der Waals surface area contributed by atoms with E-state index in [0.29, 0.717) is 11.3 Å². The van der Waals surface area contributed by atoms with Crippen LogP contribution in [-0.4, -0.2) is 22.0 Å². The van der Waals surface area contributed by atoms with Gasteiger partial charge < -0.3 is 10.4 Å². The first kappa shape index (κ1) is 15.0. The van der Waals surface area contributed by atoms with Gasteiger partial charge in [0, 0.05) is 5.69 Å². The van der Waals surface area contributed by atoms with Gasteiger partial charge in [0.25, 0.3) is 5.91 Å². The fourth-order valence-corrected chi connectivity index (χ4v) is 2.23. The van der Waals surface area contributed by atoms with Crippen molar-refractivity contribution in [2.24, 2.45) is 0 Å². The molecule has 1 aromatic heterocycles. The molecule has 2 rings (SSSR count). The van der Waals surface area contributed by atoms with E-state index >= 15 is 0 Å². The van der Waals surface area contributed by atoms with E-state index in [1.54, 1.807) is 0 Å². The molecule has 21 heavy (non-hydrogen) atoms. The van der Waals surface area contributed by atoms with E-state index in [0.717, 1.165) is 11.6 Å². The van der Waals surface area contributed by atoms with Gasteiger partial charge in [0.05, 0.1) is 11.1 Å². The van der Waals surface area contributed by atoms with Gasteiger partial charge in [0.2, 0.25) is 0 Å². The Labute approximate surface area is 120 Å². The van der Waals surface area contributed by atoms with E-state index in [9.17, 15) is 22.8 Å². The Hall–Kier alpha value is -2.42. The number of benzene rings is 1. The molecule has 9 heteroatoms. The van der Waals surface area contributed by atoms with Crippen LogP contribution >= 0.6 is 11.3 Å². The van der Waals surface area contributed by atoms with Gasteiger partial charge in [-0.25, -0.2) is 9.78 Å². The van der Waals surface area contributed by atoms with E-state index in [-0.39, 0.29) is 11.3 Å². The zero-order valence-electron chi connectivity index (χ0n) is 10.1. The number of aromatic carboxylic acids is 1. The molecular weight excluding hydrogens is 309 g/mol. The molecule has 1 aromatic carbocycles. The lowest BCUT2D eigenvalue weighted by atomic mass is 10.2. The highest BCUT2D eigenvalue weighted by Crippen LogP contribution is 2.33. The number of thiazole rings is 1. The molecule has 0 aliphatic carbocycles. The molecule has 1 heterocycles. The summed E-state index contributed by atoms with van der Waals surface area (Å²) in [6.45, 7) is 0. The second kappa shape index (κ2) is 5.52. The van der Waals surface area contributed by atoms with Crippen molar-refractivity contribution in [3.05, 3.63) is 45.9 Å². The van der Waals surface area contributed by atoms with Gasteiger partial charge >= 0.3 is 12.1 Å². The minimum absolute atomic E-state index is 0.0847. The largest absolute Gasteiger partial charge is 0.478 e. The molecule has 0 saturated carbocycles. The average Bonchev–Trinajstić information content (AvgIpc) is 2.88. The number of rotatable bonds is 3. The zero-order valence-corrected chi connectivity index (χ0v) is 11.0. The molecule has 0 spiro atoms. The summed E-state index contributed by atoms with van der Waals surface area (Å²) in [4.78, 5) is 25.2. The Morgan fingerprint density at radius 3 is 2.62 bits per heavy atom. The van der Waals surface area contributed by atoms with E-state index < -0.39 is 28.6 Å². The van der Waals surface area contributed by atoms with Crippen molar-refractivity contribution in [3.8, 4) is 0 Å². The van der Waals surface area contributed by atoms with Crippen LogP contribution in [0.3, 0.4) is 0 Å². The molecule has 5 nitrogen and oxygen atoms in total. The third-order valence-corrected chi connectivity index (χ3v) is 3.23. The smallest absolute Gasteiger partial charge is 0.434 e. The van der Waals surface area contributed by atoms with E-state index in [4.69, 9.17) is 5.11 Å². The molecule has 0 fully saturated rings. The monoisotopic (exact) mass is 316 g/mol. The number of anilines is 1. The van der Waals surface area contributed by atoms with Gasteiger partial charge in [0.1, 0.15) is 4.88 Å². The second-order valence-electron chi connectivity index (χ2n) is 3.87. The highest BCUT2D eigenvalue weighted by atomic mass is 32.1. The number of hydrogen-bond acceptors (Lipinski definition) is 4. The van der Waals surface area contributed by atoms with Gasteiger partial charge in [0.15, 0.2) is 5.69 Å². The third kappa shape index (κ3) is 3.37. The van der Waals surface area contributed by atoms with Crippen LogP contribution in [0.15, 0.2) is 29.8 Å². The van der Waals surface area contributed by atoms with Crippen LogP contribution in [0.4, 0.5) is 18.9 Å². The zero-order chi connectivity index (χ0) is 15.6. The summed E-state index contributed by atoms with van der Waals surface area (Å²) in [6, 6.07) is 5.19. The maximum Gasteiger partial charge on any atom is 0.434 e. The molecule has 0 atom stereocenters. The number of carbonyl (C=O) groups excluding carboxylic acids is 1. The number of halogens is 3. The first-order chi connectivity index (χ1) is 9.79. The molecule has 1 amide bonds. The number of nitrogens with one attached hydrogen (secondary N) is 1. The van der Waals surface area contributed by atoms with Gasteiger partial charge in [-0.1, -0.05) is 6.07 Å². The Kier molecular flexibility index (Phi) is 3.94. The van der Waals surface area contributed by atoms with Crippen LogP contribution in [0.1, 0.15) is 25.7 Å². The maximum absolute atomic E-state index is 12.6. The molecule has 0 aliphatic rings. The highest BCUT2D eigenvalue weighted by molar-refractivity contribution is 7.12. The van der Waals surface area contributed by atoms with E-state index in [2.05, 4.69) is 10.3 Å². The van der Waals surface area contributed by atoms with Crippen LogP contribution in [0.5, 0.6) is 0 Å². The summed E-state index contributed by atoms with van der Waals surface area (Å²) < 4.78 is 37.9. The highest BCUT2D eigenvalue weighted by Gasteiger charge is 2.38. The minimum Gasteiger partial charge on any atom is -0.478 e. The predicted octanol–water partition coefficient (Wildman–Crippen LogP) is 3.11. The average molecular weight is 316 g/mol. The fourth-order valence-electron chi connectivity index (χ4n) is 1.53. The summed E-state index contributed by atoms with van der Waals surface area (Å²) in [6.07, 6.45) is -4.73. The lowest BCUT2D eigenvalue weighted by Gasteiger charge is -2.08. The van der Waals surface area contributed by atoms with E-state index in [1.807, 2.05) is 0 Å². The van der Waals surface area contributed by atoms with Crippen molar-refractivity contribution in [1.29, 1.82) is 0 Å². The van der Waals surface area contributed by atoms with Crippen molar-refractivity contribution in [3.63, 3.8) is 0 Å². The lowest BCUT2D eigenvalue weighted by molar-refractivity contribution is -0.141. The number of carboxylic acid groups (broad SMARTS) is 1. The van der Waals surface area contributed by atoms with Crippen LogP contribution in [0.2, 0.25) is 0 Å². The Bertz CT molecular complexity index is 697. The number of carboxylic acids is 1. The molecule has 0 bridgehead atoms. The van der Waals surface area contributed by atoms with Crippen LogP contribution in [0.25, 0.3) is 0 Å². The van der Waals surface area contributed by atoms with Crippen LogP contribution < -0.4 is 5.32 Å². The van der Waals surface area contributed by atoms with Gasteiger partial charge in [-0.05, 0) is 18.2 Å². The van der Waals surface area contributed by atoms with Crippen molar-refractivity contribution >= 4 is 28.9 Å². The van der Waals surface area contributed by atoms with Gasteiger partial charge in [-0.15, -0.1) is 11.3 Å². The van der Waals surface area contributed by atoms with Gasteiger partial charge in [-0.3, -0.25) is 4.79 Å². The number of alkyl halides is 3. The topological polar surface area (TPSA) is 79.3 Å². The summed E-state index contributed by atoms with van der Waals surface area (Å²) in [5.74, 6) is -2.20. The standard InChI is InChI=1S/C12H7F3N2O3S/c13-12(14,15)9-8(21-5-16-9)10(18)17-7-3-1-2-6(4-7)11(19)20/h1-5H,(H,17,18)(H,19,20). The maximum atomic E-state index is 12.6. The lowest BCUT2D eigenvalue weighted by Crippen LogP contribution is -2.17. The summed E-state index contributed by atoms with van der Waals surface area (Å²) in [5.41, 5.74) is -0.347.